The van der Waals surface area contributed by atoms with E-state index >= 15 is 0 Å². The smallest absolute Gasteiger partial charge is 0.492 e. The molecule has 94 valence electrons. The number of rotatable bonds is 4. The van der Waals surface area contributed by atoms with Crippen molar-refractivity contribution in [2.75, 3.05) is 6.61 Å². The highest BCUT2D eigenvalue weighted by Gasteiger charge is 2.32. The van der Waals surface area contributed by atoms with Crippen LogP contribution in [0.5, 0.6) is 5.75 Å². The second-order valence-electron chi connectivity index (χ2n) is 2.90. The Morgan fingerprint density at radius 2 is 2.12 bits per heavy atom. The van der Waals surface area contributed by atoms with Crippen molar-refractivity contribution in [3.8, 4) is 5.75 Å². The van der Waals surface area contributed by atoms with E-state index in [-0.39, 0.29) is 18.1 Å². The lowest BCUT2D eigenvalue weighted by molar-refractivity contribution is -0.275. The summed E-state index contributed by atoms with van der Waals surface area (Å²) in [5, 5.41) is 0. The van der Waals surface area contributed by atoms with E-state index in [1.807, 2.05) is 0 Å². The molecule has 3 nitrogen and oxygen atoms in total. The summed E-state index contributed by atoms with van der Waals surface area (Å²) in [7, 11) is 0. The van der Waals surface area contributed by atoms with Crippen LogP contribution in [0.15, 0.2) is 18.8 Å². The Morgan fingerprint density at radius 1 is 1.47 bits per heavy atom. The van der Waals surface area contributed by atoms with Gasteiger partial charge in [0.1, 0.15) is 11.5 Å². The molecular weight excluding hydrogens is 242 g/mol. The highest BCUT2D eigenvalue weighted by Crippen LogP contribution is 2.27. The SMILES string of the molecule is C=C(OCC)c1cc(OC(F)(F)F)c(F)cn1. The Hall–Kier alpha value is -1.79. The van der Waals surface area contributed by atoms with Gasteiger partial charge in [0.2, 0.25) is 0 Å². The maximum atomic E-state index is 13.0. The summed E-state index contributed by atoms with van der Waals surface area (Å²) in [5.41, 5.74) is -0.0208. The van der Waals surface area contributed by atoms with Gasteiger partial charge in [-0.25, -0.2) is 9.37 Å². The van der Waals surface area contributed by atoms with Crippen molar-refractivity contribution >= 4 is 5.76 Å². The van der Waals surface area contributed by atoms with Gasteiger partial charge in [-0.05, 0) is 6.92 Å². The van der Waals surface area contributed by atoms with E-state index < -0.39 is 17.9 Å². The van der Waals surface area contributed by atoms with Crippen LogP contribution < -0.4 is 4.74 Å². The molecule has 0 unspecified atom stereocenters. The lowest BCUT2D eigenvalue weighted by atomic mass is 10.3. The van der Waals surface area contributed by atoms with Crippen LogP contribution in [0.1, 0.15) is 12.6 Å². The van der Waals surface area contributed by atoms with Crippen molar-refractivity contribution in [3.05, 3.63) is 30.4 Å². The number of pyridine rings is 1. The number of aromatic nitrogens is 1. The molecule has 0 saturated heterocycles. The van der Waals surface area contributed by atoms with Gasteiger partial charge in [0.25, 0.3) is 0 Å². The molecule has 0 saturated carbocycles. The molecular formula is C10H9F4NO2. The van der Waals surface area contributed by atoms with Crippen LogP contribution in [-0.4, -0.2) is 18.0 Å². The number of alkyl halides is 3. The van der Waals surface area contributed by atoms with E-state index in [2.05, 4.69) is 16.3 Å². The molecule has 0 bridgehead atoms. The molecule has 1 rings (SSSR count). The normalized spacial score (nSPS) is 11.1. The molecule has 1 aromatic heterocycles. The Kier molecular flexibility index (Phi) is 3.93. The van der Waals surface area contributed by atoms with Gasteiger partial charge in [-0.15, -0.1) is 13.2 Å². The van der Waals surface area contributed by atoms with Crippen LogP contribution in [0.2, 0.25) is 0 Å². The summed E-state index contributed by atoms with van der Waals surface area (Å²) in [6.45, 7) is 5.38. The first-order valence-electron chi connectivity index (χ1n) is 4.57. The lowest BCUT2D eigenvalue weighted by Crippen LogP contribution is -2.18. The Morgan fingerprint density at radius 3 is 2.65 bits per heavy atom. The third kappa shape index (κ3) is 3.93. The van der Waals surface area contributed by atoms with Gasteiger partial charge in [-0.3, -0.25) is 0 Å². The van der Waals surface area contributed by atoms with Crippen LogP contribution in [-0.2, 0) is 4.74 Å². The molecule has 0 aliphatic rings. The number of hydrogen-bond acceptors (Lipinski definition) is 3. The number of ether oxygens (including phenoxy) is 2. The zero-order valence-electron chi connectivity index (χ0n) is 8.84. The first-order chi connectivity index (χ1) is 7.83. The summed E-state index contributed by atoms with van der Waals surface area (Å²) >= 11 is 0. The molecule has 17 heavy (non-hydrogen) atoms. The molecule has 0 atom stereocenters. The van der Waals surface area contributed by atoms with Crippen LogP contribution in [0.25, 0.3) is 5.76 Å². The molecule has 0 aliphatic heterocycles. The average Bonchev–Trinajstić information content (AvgIpc) is 2.19. The van der Waals surface area contributed by atoms with Crippen molar-refractivity contribution in [3.63, 3.8) is 0 Å². The van der Waals surface area contributed by atoms with Crippen molar-refractivity contribution in [2.24, 2.45) is 0 Å². The summed E-state index contributed by atoms with van der Waals surface area (Å²) in [6, 6.07) is 0.779. The van der Waals surface area contributed by atoms with Gasteiger partial charge < -0.3 is 9.47 Å². The van der Waals surface area contributed by atoms with Crippen LogP contribution >= 0.6 is 0 Å². The first kappa shape index (κ1) is 13.3. The molecule has 0 aliphatic carbocycles. The molecule has 0 N–H and O–H groups in total. The third-order valence-corrected chi connectivity index (χ3v) is 1.65. The maximum Gasteiger partial charge on any atom is 0.573 e. The van der Waals surface area contributed by atoms with Crippen LogP contribution in [0.3, 0.4) is 0 Å². The quantitative estimate of drug-likeness (QED) is 0.608. The molecule has 1 aromatic rings. The highest BCUT2D eigenvalue weighted by molar-refractivity contribution is 5.55. The molecule has 0 fully saturated rings. The standard InChI is InChI=1S/C10H9F4NO2/c1-3-16-6(2)8-4-9(7(11)5-15-8)17-10(12,13)14/h4-5H,2-3H2,1H3. The van der Waals surface area contributed by atoms with Gasteiger partial charge in [-0.2, -0.15) is 0 Å². The fourth-order valence-electron chi connectivity index (χ4n) is 1.02. The summed E-state index contributed by atoms with van der Waals surface area (Å²) in [5.74, 6) is -2.14. The van der Waals surface area contributed by atoms with Crippen molar-refractivity contribution < 1.29 is 27.0 Å². The van der Waals surface area contributed by atoms with Gasteiger partial charge in [0, 0.05) is 6.07 Å². The fourth-order valence-corrected chi connectivity index (χ4v) is 1.02. The van der Waals surface area contributed by atoms with Gasteiger partial charge in [-0.1, -0.05) is 6.58 Å². The number of hydrogen-bond donors (Lipinski definition) is 0. The minimum atomic E-state index is -4.97. The molecule has 0 radical (unpaired) electrons. The number of nitrogens with zero attached hydrogens (tertiary/aromatic N) is 1. The van der Waals surface area contributed by atoms with Gasteiger partial charge in [0.15, 0.2) is 11.6 Å². The highest BCUT2D eigenvalue weighted by atomic mass is 19.4. The second-order valence-corrected chi connectivity index (χ2v) is 2.90. The molecule has 0 amide bonds. The zero-order chi connectivity index (χ0) is 13.1. The molecule has 0 spiro atoms. The zero-order valence-corrected chi connectivity index (χ0v) is 8.84. The monoisotopic (exact) mass is 251 g/mol. The van der Waals surface area contributed by atoms with Crippen molar-refractivity contribution in [1.82, 2.24) is 4.98 Å². The van der Waals surface area contributed by atoms with E-state index in [4.69, 9.17) is 4.74 Å². The predicted octanol–water partition coefficient (Wildman–Crippen LogP) is 3.13. The van der Waals surface area contributed by atoms with Crippen LogP contribution in [0, 0.1) is 5.82 Å². The first-order valence-corrected chi connectivity index (χ1v) is 4.57. The third-order valence-electron chi connectivity index (χ3n) is 1.65. The predicted molar refractivity (Wildman–Crippen MR) is 51.5 cm³/mol. The minimum Gasteiger partial charge on any atom is -0.492 e. The molecule has 0 aromatic carbocycles. The lowest BCUT2D eigenvalue weighted by Gasteiger charge is -2.11. The summed E-state index contributed by atoms with van der Waals surface area (Å²) < 4.78 is 57.2. The topological polar surface area (TPSA) is 31.4 Å². The van der Waals surface area contributed by atoms with E-state index in [0.29, 0.717) is 6.20 Å². The Bertz CT molecular complexity index is 417. The second kappa shape index (κ2) is 5.03. The van der Waals surface area contributed by atoms with E-state index in [1.54, 1.807) is 6.92 Å². The number of halogens is 4. The maximum absolute atomic E-state index is 13.0. The van der Waals surface area contributed by atoms with Gasteiger partial charge >= 0.3 is 6.36 Å². The molecule has 7 heteroatoms. The molecule has 1 heterocycles. The van der Waals surface area contributed by atoms with E-state index in [1.165, 1.54) is 0 Å². The Balaban J connectivity index is 2.98. The Labute approximate surface area is 94.7 Å². The largest absolute Gasteiger partial charge is 0.573 e. The average molecular weight is 251 g/mol. The van der Waals surface area contributed by atoms with Crippen molar-refractivity contribution in [2.45, 2.75) is 13.3 Å². The van der Waals surface area contributed by atoms with Crippen LogP contribution in [0.4, 0.5) is 17.6 Å². The van der Waals surface area contributed by atoms with E-state index in [9.17, 15) is 17.6 Å². The van der Waals surface area contributed by atoms with E-state index in [0.717, 1.165) is 6.07 Å². The minimum absolute atomic E-state index is 0.0208. The summed E-state index contributed by atoms with van der Waals surface area (Å²) in [6.07, 6.45) is -4.35. The van der Waals surface area contributed by atoms with Crippen molar-refractivity contribution in [1.29, 1.82) is 0 Å². The summed E-state index contributed by atoms with van der Waals surface area (Å²) in [4.78, 5) is 3.54. The van der Waals surface area contributed by atoms with Gasteiger partial charge in [0.05, 0.1) is 12.8 Å². The fraction of sp³-hybridized carbons (Fsp3) is 0.300.